The van der Waals surface area contributed by atoms with Crippen molar-refractivity contribution in [1.29, 1.82) is 0 Å². The molecule has 1 aromatic carbocycles. The van der Waals surface area contributed by atoms with Gasteiger partial charge in [-0.05, 0) is 37.5 Å². The first-order chi connectivity index (χ1) is 9.75. The first-order valence-electron chi connectivity index (χ1n) is 6.97. The van der Waals surface area contributed by atoms with E-state index in [9.17, 15) is 9.18 Å². The van der Waals surface area contributed by atoms with Crippen LogP contribution in [0.2, 0.25) is 0 Å². The number of halogens is 1. The maximum Gasteiger partial charge on any atom is 0.235 e. The number of hydrogen-bond acceptors (Lipinski definition) is 4. The highest BCUT2D eigenvalue weighted by molar-refractivity contribution is 5.59. The molecule has 5 heteroatoms. The van der Waals surface area contributed by atoms with E-state index in [1.165, 1.54) is 12.1 Å². The zero-order chi connectivity index (χ0) is 14.0. The molecule has 0 atom stereocenters. The summed E-state index contributed by atoms with van der Waals surface area (Å²) in [6, 6.07) is 4.77. The molecule has 0 amide bonds. The Bertz CT molecular complexity index is 545. The van der Waals surface area contributed by atoms with Crippen LogP contribution in [0.4, 0.5) is 10.1 Å². The van der Waals surface area contributed by atoms with Gasteiger partial charge >= 0.3 is 0 Å². The van der Waals surface area contributed by atoms with Crippen LogP contribution in [0.15, 0.2) is 23.2 Å². The van der Waals surface area contributed by atoms with Crippen molar-refractivity contribution in [2.45, 2.75) is 24.8 Å². The number of carbonyl (C=O) groups excluding carboxylic acids is 1. The number of rotatable bonds is 3. The molecule has 0 radical (unpaired) electrons. The topological polar surface area (TPSA) is 41.9 Å². The molecule has 1 saturated heterocycles. The van der Waals surface area contributed by atoms with Gasteiger partial charge in [-0.3, -0.25) is 0 Å². The molecule has 3 rings (SSSR count). The number of anilines is 1. The summed E-state index contributed by atoms with van der Waals surface area (Å²) in [7, 11) is 0. The number of aliphatic imine (C=N–C) groups is 1. The molecule has 0 N–H and O–H groups in total. The fraction of sp³-hybridized carbons (Fsp3) is 0.533. The van der Waals surface area contributed by atoms with Crippen LogP contribution in [0.3, 0.4) is 0 Å². The number of isocyanates is 1. The van der Waals surface area contributed by atoms with Crippen molar-refractivity contribution < 1.29 is 13.9 Å². The van der Waals surface area contributed by atoms with E-state index < -0.39 is 5.54 Å². The van der Waals surface area contributed by atoms with Gasteiger partial charge in [0.25, 0.3) is 0 Å². The van der Waals surface area contributed by atoms with Crippen LogP contribution < -0.4 is 4.90 Å². The first kappa shape index (κ1) is 13.3. The summed E-state index contributed by atoms with van der Waals surface area (Å²) in [5.41, 5.74) is 1.21. The molecule has 1 aliphatic heterocycles. The molecule has 0 unspecified atom stereocenters. The van der Waals surface area contributed by atoms with Gasteiger partial charge in [0.15, 0.2) is 0 Å². The summed E-state index contributed by atoms with van der Waals surface area (Å²) in [6.45, 7) is 2.89. The molecule has 1 aromatic rings. The third-order valence-corrected chi connectivity index (χ3v) is 4.25. The van der Waals surface area contributed by atoms with Crippen LogP contribution in [0, 0.1) is 5.82 Å². The summed E-state index contributed by atoms with van der Waals surface area (Å²) in [6.07, 6.45) is 4.23. The van der Waals surface area contributed by atoms with Crippen molar-refractivity contribution in [2.75, 3.05) is 31.2 Å². The van der Waals surface area contributed by atoms with Crippen LogP contribution in [0.25, 0.3) is 0 Å². The highest BCUT2D eigenvalue weighted by Gasteiger charge is 2.41. The van der Waals surface area contributed by atoms with Gasteiger partial charge in [0.1, 0.15) is 11.4 Å². The number of hydrogen-bond donors (Lipinski definition) is 0. The van der Waals surface area contributed by atoms with Crippen molar-refractivity contribution in [2.24, 2.45) is 4.99 Å². The van der Waals surface area contributed by atoms with E-state index in [4.69, 9.17) is 4.74 Å². The Morgan fingerprint density at radius 1 is 1.30 bits per heavy atom. The second-order valence-corrected chi connectivity index (χ2v) is 5.35. The maximum atomic E-state index is 13.7. The van der Waals surface area contributed by atoms with Gasteiger partial charge in [-0.1, -0.05) is 0 Å². The summed E-state index contributed by atoms with van der Waals surface area (Å²) < 4.78 is 19.0. The Morgan fingerprint density at radius 3 is 2.65 bits per heavy atom. The lowest BCUT2D eigenvalue weighted by Gasteiger charge is -2.41. The molecular formula is C15H17FN2O2. The minimum Gasteiger partial charge on any atom is -0.378 e. The fourth-order valence-corrected chi connectivity index (χ4v) is 3.00. The molecule has 106 valence electrons. The lowest BCUT2D eigenvalue weighted by molar-refractivity contribution is 0.122. The summed E-state index contributed by atoms with van der Waals surface area (Å²) in [5, 5.41) is 0. The van der Waals surface area contributed by atoms with Gasteiger partial charge in [-0.2, -0.15) is 4.99 Å². The number of morpholine rings is 1. The van der Waals surface area contributed by atoms with Crippen LogP contribution >= 0.6 is 0 Å². The third kappa shape index (κ3) is 2.23. The molecule has 0 aromatic heterocycles. The first-order valence-corrected chi connectivity index (χ1v) is 6.97. The molecule has 1 heterocycles. The molecular weight excluding hydrogens is 259 g/mol. The zero-order valence-electron chi connectivity index (χ0n) is 11.3. The zero-order valence-corrected chi connectivity index (χ0v) is 11.3. The summed E-state index contributed by atoms with van der Waals surface area (Å²) in [4.78, 5) is 16.9. The predicted octanol–water partition coefficient (Wildman–Crippen LogP) is 2.38. The van der Waals surface area contributed by atoms with E-state index in [0.717, 1.165) is 43.6 Å². The van der Waals surface area contributed by atoms with Crippen molar-refractivity contribution in [3.63, 3.8) is 0 Å². The van der Waals surface area contributed by atoms with Crippen LogP contribution in [0.1, 0.15) is 24.8 Å². The van der Waals surface area contributed by atoms with Gasteiger partial charge in [0.2, 0.25) is 6.08 Å². The standard InChI is InChI=1S/C15H17FN2O2/c16-12-2-3-14(18-6-8-20-9-7-18)13(10-12)15(17-11-19)4-1-5-15/h2-3,10H,1,4-9H2. The Balaban J connectivity index is 2.03. The minimum absolute atomic E-state index is 0.288. The smallest absolute Gasteiger partial charge is 0.235 e. The second kappa shape index (κ2) is 5.35. The highest BCUT2D eigenvalue weighted by atomic mass is 19.1. The van der Waals surface area contributed by atoms with Crippen molar-refractivity contribution in [1.82, 2.24) is 0 Å². The predicted molar refractivity (Wildman–Crippen MR) is 73.1 cm³/mol. The van der Waals surface area contributed by atoms with E-state index >= 15 is 0 Å². The van der Waals surface area contributed by atoms with E-state index in [0.29, 0.717) is 13.2 Å². The number of ether oxygens (including phenoxy) is 1. The van der Waals surface area contributed by atoms with Gasteiger partial charge in [-0.25, -0.2) is 9.18 Å². The highest BCUT2D eigenvalue weighted by Crippen LogP contribution is 2.48. The number of nitrogens with zero attached hydrogens (tertiary/aromatic N) is 2. The average Bonchev–Trinajstić information content (AvgIpc) is 2.44. The van der Waals surface area contributed by atoms with Gasteiger partial charge < -0.3 is 9.64 Å². The average molecular weight is 276 g/mol. The Kier molecular flexibility index (Phi) is 3.55. The summed E-state index contributed by atoms with van der Waals surface area (Å²) in [5.74, 6) is -0.288. The molecule has 20 heavy (non-hydrogen) atoms. The van der Waals surface area contributed by atoms with E-state index in [-0.39, 0.29) is 5.82 Å². The molecule has 1 saturated carbocycles. The van der Waals surface area contributed by atoms with E-state index in [2.05, 4.69) is 9.89 Å². The molecule has 4 nitrogen and oxygen atoms in total. The third-order valence-electron chi connectivity index (χ3n) is 4.25. The van der Waals surface area contributed by atoms with Crippen molar-refractivity contribution >= 4 is 11.8 Å². The molecule has 2 aliphatic rings. The lowest BCUT2D eigenvalue weighted by atomic mass is 9.71. The lowest BCUT2D eigenvalue weighted by Crippen LogP contribution is -2.40. The van der Waals surface area contributed by atoms with Crippen LogP contribution in [-0.2, 0) is 15.1 Å². The normalized spacial score (nSPS) is 20.9. The van der Waals surface area contributed by atoms with E-state index in [1.54, 1.807) is 12.1 Å². The van der Waals surface area contributed by atoms with Gasteiger partial charge in [-0.15, -0.1) is 0 Å². The molecule has 1 aliphatic carbocycles. The minimum atomic E-state index is -0.572. The second-order valence-electron chi connectivity index (χ2n) is 5.35. The quantitative estimate of drug-likeness (QED) is 0.629. The largest absolute Gasteiger partial charge is 0.378 e. The SMILES string of the molecule is O=C=NC1(c2cc(F)ccc2N2CCOCC2)CCC1. The van der Waals surface area contributed by atoms with Gasteiger partial charge in [0, 0.05) is 24.3 Å². The Hall–Kier alpha value is -1.71. The van der Waals surface area contributed by atoms with Gasteiger partial charge in [0.05, 0.1) is 13.2 Å². The van der Waals surface area contributed by atoms with E-state index in [1.807, 2.05) is 0 Å². The molecule has 2 fully saturated rings. The monoisotopic (exact) mass is 276 g/mol. The number of benzene rings is 1. The van der Waals surface area contributed by atoms with Crippen LogP contribution in [0.5, 0.6) is 0 Å². The fourth-order valence-electron chi connectivity index (χ4n) is 3.00. The van der Waals surface area contributed by atoms with Crippen molar-refractivity contribution in [3.8, 4) is 0 Å². The molecule has 0 bridgehead atoms. The van der Waals surface area contributed by atoms with Crippen LogP contribution in [-0.4, -0.2) is 32.4 Å². The summed E-state index contributed by atoms with van der Waals surface area (Å²) >= 11 is 0. The van der Waals surface area contributed by atoms with Crippen molar-refractivity contribution in [3.05, 3.63) is 29.6 Å². The molecule has 0 spiro atoms. The Labute approximate surface area is 117 Å². The Morgan fingerprint density at radius 2 is 2.05 bits per heavy atom. The maximum absolute atomic E-state index is 13.7.